The minimum Gasteiger partial charge on any atom is -0.467 e. The molecule has 0 unspecified atom stereocenters. The molecule has 0 aliphatic rings. The standard InChI is InChI=1S/C18H21NO3/c1-12(2)17(18(21)22-3)19-16(20)11-13-8-9-14-6-4-5-7-15(14)10-13/h4-10,12,17H,11H2,1-3H3,(H,19,20)/t17-/m0/s1. The largest absolute Gasteiger partial charge is 0.467 e. The van der Waals surface area contributed by atoms with Gasteiger partial charge in [0.2, 0.25) is 5.91 Å². The van der Waals surface area contributed by atoms with Gasteiger partial charge in [0.1, 0.15) is 6.04 Å². The molecule has 0 heterocycles. The maximum absolute atomic E-state index is 12.2. The summed E-state index contributed by atoms with van der Waals surface area (Å²) in [6.07, 6.45) is 0.241. The fourth-order valence-corrected chi connectivity index (χ4v) is 2.38. The van der Waals surface area contributed by atoms with Gasteiger partial charge in [-0.3, -0.25) is 4.79 Å². The summed E-state index contributed by atoms with van der Waals surface area (Å²) in [6, 6.07) is 13.3. The highest BCUT2D eigenvalue weighted by Crippen LogP contribution is 2.16. The van der Waals surface area contributed by atoms with Crippen molar-refractivity contribution in [2.75, 3.05) is 7.11 Å². The van der Waals surface area contributed by atoms with E-state index in [-0.39, 0.29) is 18.2 Å². The van der Waals surface area contributed by atoms with Crippen LogP contribution in [0.2, 0.25) is 0 Å². The van der Waals surface area contributed by atoms with Crippen LogP contribution in [0.5, 0.6) is 0 Å². The number of hydrogen-bond acceptors (Lipinski definition) is 3. The summed E-state index contributed by atoms with van der Waals surface area (Å²) in [5, 5.41) is 4.99. The van der Waals surface area contributed by atoms with E-state index in [4.69, 9.17) is 4.74 Å². The van der Waals surface area contributed by atoms with Gasteiger partial charge in [-0.25, -0.2) is 4.79 Å². The second-order valence-corrected chi connectivity index (χ2v) is 5.67. The number of fused-ring (bicyclic) bond motifs is 1. The highest BCUT2D eigenvalue weighted by Gasteiger charge is 2.24. The lowest BCUT2D eigenvalue weighted by Gasteiger charge is -2.19. The summed E-state index contributed by atoms with van der Waals surface area (Å²) < 4.78 is 4.73. The van der Waals surface area contributed by atoms with Crippen molar-refractivity contribution in [2.24, 2.45) is 5.92 Å². The van der Waals surface area contributed by atoms with Crippen LogP contribution in [0.3, 0.4) is 0 Å². The summed E-state index contributed by atoms with van der Waals surface area (Å²) in [5.74, 6) is -0.616. The molecule has 4 nitrogen and oxygen atoms in total. The average molecular weight is 299 g/mol. The molecule has 2 aromatic carbocycles. The van der Waals surface area contributed by atoms with E-state index in [0.29, 0.717) is 0 Å². The second kappa shape index (κ2) is 7.07. The molecule has 1 amide bonds. The van der Waals surface area contributed by atoms with Gasteiger partial charge in [0, 0.05) is 0 Å². The van der Waals surface area contributed by atoms with Crippen LogP contribution in [0.15, 0.2) is 42.5 Å². The Morgan fingerprint density at radius 2 is 1.77 bits per heavy atom. The van der Waals surface area contributed by atoms with Gasteiger partial charge in [-0.1, -0.05) is 56.3 Å². The second-order valence-electron chi connectivity index (χ2n) is 5.67. The first-order chi connectivity index (χ1) is 10.5. The lowest BCUT2D eigenvalue weighted by atomic mass is 10.0. The number of esters is 1. The Morgan fingerprint density at radius 1 is 1.09 bits per heavy atom. The number of methoxy groups -OCH3 is 1. The molecule has 0 bridgehead atoms. The van der Waals surface area contributed by atoms with Crippen molar-refractivity contribution in [3.8, 4) is 0 Å². The fraction of sp³-hybridized carbons (Fsp3) is 0.333. The van der Waals surface area contributed by atoms with Crippen LogP contribution in [0.4, 0.5) is 0 Å². The first-order valence-electron chi connectivity index (χ1n) is 7.36. The molecule has 22 heavy (non-hydrogen) atoms. The Hall–Kier alpha value is -2.36. The van der Waals surface area contributed by atoms with E-state index in [1.165, 1.54) is 7.11 Å². The molecular weight excluding hydrogens is 278 g/mol. The van der Waals surface area contributed by atoms with Crippen molar-refractivity contribution < 1.29 is 14.3 Å². The van der Waals surface area contributed by atoms with E-state index < -0.39 is 12.0 Å². The van der Waals surface area contributed by atoms with Gasteiger partial charge in [0.25, 0.3) is 0 Å². The van der Waals surface area contributed by atoms with Crippen molar-refractivity contribution in [3.05, 3.63) is 48.0 Å². The van der Waals surface area contributed by atoms with Crippen LogP contribution in [-0.4, -0.2) is 25.0 Å². The maximum Gasteiger partial charge on any atom is 0.328 e. The smallest absolute Gasteiger partial charge is 0.328 e. The molecule has 0 fully saturated rings. The van der Waals surface area contributed by atoms with E-state index in [9.17, 15) is 9.59 Å². The molecule has 0 spiro atoms. The van der Waals surface area contributed by atoms with E-state index in [2.05, 4.69) is 5.32 Å². The Morgan fingerprint density at radius 3 is 2.41 bits per heavy atom. The SMILES string of the molecule is COC(=O)[C@@H](NC(=O)Cc1ccc2ccccc2c1)C(C)C. The number of carbonyl (C=O) groups is 2. The number of carbonyl (C=O) groups excluding carboxylic acids is 2. The highest BCUT2D eigenvalue weighted by molar-refractivity contribution is 5.88. The van der Waals surface area contributed by atoms with Crippen molar-refractivity contribution in [3.63, 3.8) is 0 Å². The zero-order valence-corrected chi connectivity index (χ0v) is 13.1. The molecule has 2 aromatic rings. The number of nitrogens with one attached hydrogen (secondary N) is 1. The van der Waals surface area contributed by atoms with E-state index in [1.807, 2.05) is 56.3 Å². The van der Waals surface area contributed by atoms with Gasteiger partial charge < -0.3 is 10.1 Å². The number of amides is 1. The summed E-state index contributed by atoms with van der Waals surface area (Å²) in [5.41, 5.74) is 0.920. The molecule has 0 aliphatic heterocycles. The van der Waals surface area contributed by atoms with E-state index in [0.717, 1.165) is 16.3 Å². The Kier molecular flexibility index (Phi) is 5.15. The van der Waals surface area contributed by atoms with E-state index in [1.54, 1.807) is 0 Å². The molecule has 116 valence electrons. The lowest BCUT2D eigenvalue weighted by molar-refractivity contribution is -0.146. The Bertz CT molecular complexity index is 679. The van der Waals surface area contributed by atoms with Gasteiger partial charge >= 0.3 is 5.97 Å². The van der Waals surface area contributed by atoms with Crippen LogP contribution >= 0.6 is 0 Å². The topological polar surface area (TPSA) is 55.4 Å². The predicted octanol–water partition coefficient (Wildman–Crippen LogP) is 2.70. The minimum atomic E-state index is -0.613. The molecule has 2 rings (SSSR count). The van der Waals surface area contributed by atoms with Gasteiger partial charge in [-0.05, 0) is 22.3 Å². The molecule has 0 saturated heterocycles. The number of benzene rings is 2. The van der Waals surface area contributed by atoms with Crippen LogP contribution in [-0.2, 0) is 20.7 Å². The molecule has 0 aliphatic carbocycles. The molecule has 0 aromatic heterocycles. The van der Waals surface area contributed by atoms with Crippen molar-refractivity contribution in [2.45, 2.75) is 26.3 Å². The molecule has 0 radical (unpaired) electrons. The van der Waals surface area contributed by atoms with Crippen LogP contribution in [0.25, 0.3) is 10.8 Å². The molecule has 1 N–H and O–H groups in total. The normalized spacial score (nSPS) is 12.2. The van der Waals surface area contributed by atoms with Crippen molar-refractivity contribution in [1.29, 1.82) is 0 Å². The van der Waals surface area contributed by atoms with Crippen LogP contribution in [0.1, 0.15) is 19.4 Å². The minimum absolute atomic E-state index is 0.0204. The molecule has 0 saturated carbocycles. The quantitative estimate of drug-likeness (QED) is 0.864. The summed E-state index contributed by atoms with van der Waals surface area (Å²) >= 11 is 0. The first kappa shape index (κ1) is 16.0. The lowest BCUT2D eigenvalue weighted by Crippen LogP contribution is -2.45. The van der Waals surface area contributed by atoms with Gasteiger partial charge in [0.05, 0.1) is 13.5 Å². The summed E-state index contributed by atoms with van der Waals surface area (Å²) in [7, 11) is 1.33. The summed E-state index contributed by atoms with van der Waals surface area (Å²) in [6.45, 7) is 3.75. The zero-order chi connectivity index (χ0) is 16.1. The molecule has 4 heteroatoms. The van der Waals surface area contributed by atoms with Gasteiger partial charge in [-0.2, -0.15) is 0 Å². The van der Waals surface area contributed by atoms with Gasteiger partial charge in [-0.15, -0.1) is 0 Å². The monoisotopic (exact) mass is 299 g/mol. The van der Waals surface area contributed by atoms with Crippen LogP contribution < -0.4 is 5.32 Å². The third-order valence-corrected chi connectivity index (χ3v) is 3.62. The Labute approximate surface area is 130 Å². The maximum atomic E-state index is 12.2. The summed E-state index contributed by atoms with van der Waals surface area (Å²) in [4.78, 5) is 23.8. The van der Waals surface area contributed by atoms with E-state index >= 15 is 0 Å². The average Bonchev–Trinajstić information content (AvgIpc) is 2.51. The predicted molar refractivity (Wildman–Crippen MR) is 86.4 cm³/mol. The molecular formula is C18H21NO3. The zero-order valence-electron chi connectivity index (χ0n) is 13.1. The third kappa shape index (κ3) is 3.85. The molecule has 1 atom stereocenters. The van der Waals surface area contributed by atoms with Crippen molar-refractivity contribution in [1.82, 2.24) is 5.32 Å². The Balaban J connectivity index is 2.08. The highest BCUT2D eigenvalue weighted by atomic mass is 16.5. The number of rotatable bonds is 5. The number of hydrogen-bond donors (Lipinski definition) is 1. The van der Waals surface area contributed by atoms with Crippen LogP contribution in [0, 0.1) is 5.92 Å². The third-order valence-electron chi connectivity index (χ3n) is 3.62. The fourth-order valence-electron chi connectivity index (χ4n) is 2.38. The van der Waals surface area contributed by atoms with Crippen molar-refractivity contribution >= 4 is 22.6 Å². The van der Waals surface area contributed by atoms with Gasteiger partial charge in [0.15, 0.2) is 0 Å². The number of ether oxygens (including phenoxy) is 1. The first-order valence-corrected chi connectivity index (χ1v) is 7.36.